The summed E-state index contributed by atoms with van der Waals surface area (Å²) in [5.74, 6) is -0.134. The molecule has 2 rings (SSSR count). The Morgan fingerprint density at radius 1 is 1.55 bits per heavy atom. The van der Waals surface area contributed by atoms with Crippen molar-refractivity contribution in [3.05, 3.63) is 23.8 Å². The Morgan fingerprint density at radius 3 is 2.85 bits per heavy atom. The minimum atomic E-state index is -0.398. The first-order chi connectivity index (χ1) is 9.61. The topological polar surface area (TPSA) is 82.3 Å². The number of nitrogens with one attached hydrogen (secondary N) is 1. The summed E-state index contributed by atoms with van der Waals surface area (Å²) in [6.07, 6.45) is 3.37. The molecule has 0 aromatic heterocycles. The van der Waals surface area contributed by atoms with Gasteiger partial charge in [-0.15, -0.1) is 0 Å². The number of amides is 1. The quantitative estimate of drug-likeness (QED) is 0.808. The molecule has 0 bridgehead atoms. The lowest BCUT2D eigenvalue weighted by molar-refractivity contribution is -0.131. The Labute approximate surface area is 118 Å². The zero-order chi connectivity index (χ0) is 14.6. The van der Waals surface area contributed by atoms with Crippen molar-refractivity contribution in [2.75, 3.05) is 19.0 Å². The van der Waals surface area contributed by atoms with Gasteiger partial charge in [-0.05, 0) is 37.5 Å². The van der Waals surface area contributed by atoms with Gasteiger partial charge in [-0.25, -0.2) is 0 Å². The van der Waals surface area contributed by atoms with Gasteiger partial charge in [0, 0.05) is 13.7 Å². The number of hydrogen-bond acceptors (Lipinski definition) is 4. The van der Waals surface area contributed by atoms with Gasteiger partial charge in [0.25, 0.3) is 0 Å². The number of ether oxygens (including phenoxy) is 1. The molecule has 5 nitrogen and oxygen atoms in total. The summed E-state index contributed by atoms with van der Waals surface area (Å²) in [7, 11) is 1.62. The second-order valence-electron chi connectivity index (χ2n) is 5.17. The average molecular weight is 274 g/mol. The van der Waals surface area contributed by atoms with Gasteiger partial charge >= 0.3 is 0 Å². The van der Waals surface area contributed by atoms with Crippen molar-refractivity contribution in [2.45, 2.75) is 25.7 Å². The average Bonchev–Trinajstić information content (AvgIpc) is 2.40. The van der Waals surface area contributed by atoms with Crippen molar-refractivity contribution in [1.29, 1.82) is 5.26 Å². The summed E-state index contributed by atoms with van der Waals surface area (Å²) in [5, 5.41) is 21.4. The number of nitrogens with zero attached hydrogens (tertiary/aromatic N) is 1. The van der Waals surface area contributed by atoms with E-state index in [0.29, 0.717) is 18.6 Å². The lowest BCUT2D eigenvalue weighted by atomic mass is 9.66. The van der Waals surface area contributed by atoms with Crippen LogP contribution in [0.15, 0.2) is 18.2 Å². The molecule has 0 aliphatic heterocycles. The lowest BCUT2D eigenvalue weighted by Crippen LogP contribution is -2.42. The van der Waals surface area contributed by atoms with Crippen LogP contribution < -0.4 is 5.32 Å². The summed E-state index contributed by atoms with van der Waals surface area (Å²) < 4.78 is 5.06. The number of phenolic OH excluding ortho intramolecular Hbond substituents is 1. The summed E-state index contributed by atoms with van der Waals surface area (Å²) in [4.78, 5) is 12.4. The number of carbonyl (C=O) groups excluding carboxylic acids is 1. The molecule has 5 heteroatoms. The number of carbonyl (C=O) groups is 1. The highest BCUT2D eigenvalue weighted by molar-refractivity contribution is 5.97. The van der Waals surface area contributed by atoms with Crippen molar-refractivity contribution in [2.24, 2.45) is 5.41 Å². The van der Waals surface area contributed by atoms with Gasteiger partial charge in [0.05, 0.1) is 22.7 Å². The van der Waals surface area contributed by atoms with Crippen molar-refractivity contribution in [3.63, 3.8) is 0 Å². The normalized spacial score (nSPS) is 16.0. The Hall–Kier alpha value is -2.06. The predicted molar refractivity (Wildman–Crippen MR) is 74.2 cm³/mol. The molecule has 1 aliphatic rings. The van der Waals surface area contributed by atoms with Crippen LogP contribution in [0.2, 0.25) is 0 Å². The molecule has 0 unspecified atom stereocenters. The van der Waals surface area contributed by atoms with Crippen molar-refractivity contribution in [3.8, 4) is 11.8 Å². The van der Waals surface area contributed by atoms with Crippen molar-refractivity contribution >= 4 is 11.6 Å². The molecular formula is C15H18N2O3. The fourth-order valence-corrected chi connectivity index (χ4v) is 2.45. The summed E-state index contributed by atoms with van der Waals surface area (Å²) in [5.41, 5.74) is 0.292. The third kappa shape index (κ3) is 2.75. The number of nitriles is 1. The van der Waals surface area contributed by atoms with Crippen LogP contribution in [-0.2, 0) is 9.53 Å². The number of benzene rings is 1. The number of phenols is 1. The maximum atomic E-state index is 12.4. The highest BCUT2D eigenvalue weighted by atomic mass is 16.5. The first kappa shape index (κ1) is 14.4. The van der Waals surface area contributed by atoms with E-state index >= 15 is 0 Å². The molecular weight excluding hydrogens is 256 g/mol. The Kier molecular flexibility index (Phi) is 4.26. The van der Waals surface area contributed by atoms with Gasteiger partial charge in [-0.1, -0.05) is 6.42 Å². The van der Waals surface area contributed by atoms with Crippen LogP contribution in [0, 0.1) is 16.7 Å². The van der Waals surface area contributed by atoms with Crippen LogP contribution >= 0.6 is 0 Å². The zero-order valence-electron chi connectivity index (χ0n) is 11.5. The van der Waals surface area contributed by atoms with Crippen LogP contribution in [-0.4, -0.2) is 24.7 Å². The molecule has 0 radical (unpaired) electrons. The van der Waals surface area contributed by atoms with Gasteiger partial charge in [0.2, 0.25) is 5.91 Å². The van der Waals surface area contributed by atoms with Crippen LogP contribution in [0.3, 0.4) is 0 Å². The van der Waals surface area contributed by atoms with E-state index in [0.717, 1.165) is 19.3 Å². The van der Waals surface area contributed by atoms with Crippen molar-refractivity contribution in [1.82, 2.24) is 0 Å². The first-order valence-corrected chi connectivity index (χ1v) is 6.65. The summed E-state index contributed by atoms with van der Waals surface area (Å²) in [6.45, 7) is 0.539. The van der Waals surface area contributed by atoms with Crippen molar-refractivity contribution < 1.29 is 14.6 Å². The minimum Gasteiger partial charge on any atom is -0.506 e. The largest absolute Gasteiger partial charge is 0.506 e. The van der Waals surface area contributed by atoms with E-state index in [4.69, 9.17) is 10.00 Å². The molecule has 0 heterocycles. The second kappa shape index (κ2) is 5.93. The third-order valence-corrected chi connectivity index (χ3v) is 3.95. The van der Waals surface area contributed by atoms with Gasteiger partial charge in [-0.3, -0.25) is 4.79 Å². The molecule has 20 heavy (non-hydrogen) atoms. The van der Waals surface area contributed by atoms with E-state index in [9.17, 15) is 9.90 Å². The van der Waals surface area contributed by atoms with E-state index in [-0.39, 0.29) is 17.3 Å². The van der Waals surface area contributed by atoms with Crippen LogP contribution in [0.5, 0.6) is 5.75 Å². The monoisotopic (exact) mass is 274 g/mol. The standard InChI is InChI=1S/C15H18N2O3/c1-20-8-7-15(5-2-6-15)14(19)17-12-9-11(10-16)3-4-13(12)18/h3-4,9,18H,2,5-8H2,1H3,(H,17,19). The van der Waals surface area contributed by atoms with E-state index in [1.807, 2.05) is 6.07 Å². The first-order valence-electron chi connectivity index (χ1n) is 6.65. The number of rotatable bonds is 5. The fraction of sp³-hybridized carbons (Fsp3) is 0.467. The molecule has 0 saturated heterocycles. The maximum absolute atomic E-state index is 12.4. The molecule has 2 N–H and O–H groups in total. The van der Waals surface area contributed by atoms with Gasteiger partial charge in [-0.2, -0.15) is 5.26 Å². The highest BCUT2D eigenvalue weighted by Gasteiger charge is 2.43. The van der Waals surface area contributed by atoms with Crippen LogP contribution in [0.1, 0.15) is 31.2 Å². The molecule has 106 valence electrons. The molecule has 1 fully saturated rings. The van der Waals surface area contributed by atoms with Gasteiger partial charge < -0.3 is 15.2 Å². The molecule has 1 saturated carbocycles. The molecule has 0 atom stereocenters. The molecule has 1 aromatic rings. The fourth-order valence-electron chi connectivity index (χ4n) is 2.45. The molecule has 1 aliphatic carbocycles. The SMILES string of the molecule is COCCC1(C(=O)Nc2cc(C#N)ccc2O)CCC1. The molecule has 1 amide bonds. The molecule has 1 aromatic carbocycles. The molecule has 0 spiro atoms. The Bertz CT molecular complexity index is 545. The third-order valence-electron chi connectivity index (χ3n) is 3.95. The Balaban J connectivity index is 2.13. The minimum absolute atomic E-state index is 0.0291. The van der Waals surface area contributed by atoms with Crippen LogP contribution in [0.4, 0.5) is 5.69 Å². The van der Waals surface area contributed by atoms with Gasteiger partial charge in [0.1, 0.15) is 5.75 Å². The van der Waals surface area contributed by atoms with Gasteiger partial charge in [0.15, 0.2) is 0 Å². The number of anilines is 1. The van der Waals surface area contributed by atoms with Crippen LogP contribution in [0.25, 0.3) is 0 Å². The second-order valence-corrected chi connectivity index (χ2v) is 5.17. The summed E-state index contributed by atoms with van der Waals surface area (Å²) >= 11 is 0. The van der Waals surface area contributed by atoms with E-state index < -0.39 is 5.41 Å². The van der Waals surface area contributed by atoms with E-state index in [2.05, 4.69) is 5.32 Å². The Morgan fingerprint density at radius 2 is 2.30 bits per heavy atom. The number of aromatic hydroxyl groups is 1. The smallest absolute Gasteiger partial charge is 0.230 e. The summed E-state index contributed by atoms with van der Waals surface area (Å²) in [6, 6.07) is 6.39. The zero-order valence-corrected chi connectivity index (χ0v) is 11.5. The van der Waals surface area contributed by atoms with E-state index in [1.54, 1.807) is 7.11 Å². The number of methoxy groups -OCH3 is 1. The predicted octanol–water partition coefficient (Wildman–Crippen LogP) is 2.41. The number of hydrogen-bond donors (Lipinski definition) is 2. The lowest BCUT2D eigenvalue weighted by Gasteiger charge is -2.40. The maximum Gasteiger partial charge on any atom is 0.230 e. The highest BCUT2D eigenvalue weighted by Crippen LogP contribution is 2.45. The van der Waals surface area contributed by atoms with E-state index in [1.165, 1.54) is 18.2 Å².